The molecule has 0 fully saturated rings. The molecule has 0 unspecified atom stereocenters. The highest BCUT2D eigenvalue weighted by atomic mass is 32.2. The van der Waals surface area contributed by atoms with Gasteiger partial charge < -0.3 is 10.1 Å². The molecule has 0 aromatic heterocycles. The average molecular weight is 299 g/mol. The number of carbonyl (C=O) groups is 1. The predicted molar refractivity (Wildman–Crippen MR) is 77.5 cm³/mol. The van der Waals surface area contributed by atoms with Gasteiger partial charge in [-0.25, -0.2) is 8.42 Å². The van der Waals surface area contributed by atoms with E-state index in [9.17, 15) is 13.2 Å². The molecule has 1 aromatic carbocycles. The first-order chi connectivity index (χ1) is 9.29. The number of hydrogen-bond donors (Lipinski definition) is 1. The lowest BCUT2D eigenvalue weighted by atomic mass is 10.1. The van der Waals surface area contributed by atoms with Crippen LogP contribution < -0.4 is 10.1 Å². The van der Waals surface area contributed by atoms with Gasteiger partial charge in [-0.3, -0.25) is 4.79 Å². The van der Waals surface area contributed by atoms with Crippen LogP contribution in [-0.2, 0) is 14.6 Å². The van der Waals surface area contributed by atoms with E-state index in [0.29, 0.717) is 18.2 Å². The molecular weight excluding hydrogens is 278 g/mol. The van der Waals surface area contributed by atoms with Gasteiger partial charge in [-0.1, -0.05) is 13.8 Å². The van der Waals surface area contributed by atoms with E-state index in [1.54, 1.807) is 0 Å². The fraction of sp³-hybridized carbons (Fsp3) is 0.500. The second-order valence-electron chi connectivity index (χ2n) is 5.06. The summed E-state index contributed by atoms with van der Waals surface area (Å²) in [7, 11) is -3.21. The smallest absolute Gasteiger partial charge is 0.257 e. The van der Waals surface area contributed by atoms with Crippen molar-refractivity contribution in [3.63, 3.8) is 0 Å². The molecule has 6 heteroatoms. The molecule has 0 aliphatic rings. The molecule has 5 nitrogen and oxygen atoms in total. The normalized spacial score (nSPS) is 11.4. The van der Waals surface area contributed by atoms with Crippen LogP contribution in [0.25, 0.3) is 0 Å². The van der Waals surface area contributed by atoms with Gasteiger partial charge in [0.15, 0.2) is 16.4 Å². The van der Waals surface area contributed by atoms with E-state index in [1.165, 1.54) is 24.3 Å². The minimum atomic E-state index is -3.21. The number of rotatable bonds is 7. The molecule has 1 amide bonds. The lowest BCUT2D eigenvalue weighted by Crippen LogP contribution is -2.30. The molecular formula is C14H21NO4S. The van der Waals surface area contributed by atoms with Gasteiger partial charge in [0, 0.05) is 12.8 Å². The SMILES string of the molecule is CC(C)CCNC(=O)COc1ccc(S(C)(=O)=O)cc1. The molecule has 0 aliphatic heterocycles. The minimum absolute atomic E-state index is 0.0731. The third-order valence-electron chi connectivity index (χ3n) is 2.67. The van der Waals surface area contributed by atoms with Crippen LogP contribution in [0, 0.1) is 5.92 Å². The van der Waals surface area contributed by atoms with E-state index in [1.807, 2.05) is 0 Å². The topological polar surface area (TPSA) is 72.5 Å². The number of nitrogens with one attached hydrogen (secondary N) is 1. The van der Waals surface area contributed by atoms with Crippen LogP contribution >= 0.6 is 0 Å². The predicted octanol–water partition coefficient (Wildman–Crippen LogP) is 1.63. The van der Waals surface area contributed by atoms with Crippen molar-refractivity contribution in [3.05, 3.63) is 24.3 Å². The zero-order chi connectivity index (χ0) is 15.2. The highest BCUT2D eigenvalue weighted by molar-refractivity contribution is 7.90. The molecule has 20 heavy (non-hydrogen) atoms. The molecule has 0 saturated heterocycles. The molecule has 0 atom stereocenters. The zero-order valence-electron chi connectivity index (χ0n) is 12.0. The van der Waals surface area contributed by atoms with Crippen LogP contribution in [0.3, 0.4) is 0 Å². The Labute approximate surface area is 120 Å². The lowest BCUT2D eigenvalue weighted by Gasteiger charge is -2.09. The van der Waals surface area contributed by atoms with Crippen molar-refractivity contribution in [2.24, 2.45) is 5.92 Å². The first-order valence-electron chi connectivity index (χ1n) is 6.48. The molecule has 1 N–H and O–H groups in total. The highest BCUT2D eigenvalue weighted by Gasteiger charge is 2.07. The monoisotopic (exact) mass is 299 g/mol. The van der Waals surface area contributed by atoms with Crippen LogP contribution in [0.2, 0.25) is 0 Å². The Morgan fingerprint density at radius 3 is 2.35 bits per heavy atom. The maximum absolute atomic E-state index is 11.5. The van der Waals surface area contributed by atoms with Crippen molar-refractivity contribution in [2.75, 3.05) is 19.4 Å². The molecule has 0 saturated carbocycles. The van der Waals surface area contributed by atoms with Gasteiger partial charge in [0.05, 0.1) is 4.90 Å². The standard InChI is InChI=1S/C14H21NO4S/c1-11(2)8-9-15-14(16)10-19-12-4-6-13(7-5-12)20(3,17)18/h4-7,11H,8-10H2,1-3H3,(H,15,16). The largest absolute Gasteiger partial charge is 0.484 e. The summed E-state index contributed by atoms with van der Waals surface area (Å²) in [5, 5.41) is 2.76. The molecule has 0 heterocycles. The van der Waals surface area contributed by atoms with Crippen molar-refractivity contribution >= 4 is 15.7 Å². The van der Waals surface area contributed by atoms with E-state index in [4.69, 9.17) is 4.74 Å². The van der Waals surface area contributed by atoms with Crippen LogP contribution in [0.5, 0.6) is 5.75 Å². The van der Waals surface area contributed by atoms with Crippen LogP contribution in [-0.4, -0.2) is 33.7 Å². The van der Waals surface area contributed by atoms with E-state index in [0.717, 1.165) is 12.7 Å². The van der Waals surface area contributed by atoms with Gasteiger partial charge in [-0.2, -0.15) is 0 Å². The summed E-state index contributed by atoms with van der Waals surface area (Å²) >= 11 is 0. The van der Waals surface area contributed by atoms with Gasteiger partial charge >= 0.3 is 0 Å². The molecule has 112 valence electrons. The Kier molecular flexibility index (Phi) is 6.01. The summed E-state index contributed by atoms with van der Waals surface area (Å²) < 4.78 is 27.8. The Hall–Kier alpha value is -1.56. The number of sulfone groups is 1. The van der Waals surface area contributed by atoms with Crippen molar-refractivity contribution in [1.82, 2.24) is 5.32 Å². The van der Waals surface area contributed by atoms with Gasteiger partial charge in [0.1, 0.15) is 5.75 Å². The Morgan fingerprint density at radius 1 is 1.25 bits per heavy atom. The minimum Gasteiger partial charge on any atom is -0.484 e. The fourth-order valence-corrected chi connectivity index (χ4v) is 2.11. The van der Waals surface area contributed by atoms with E-state index in [2.05, 4.69) is 19.2 Å². The second kappa shape index (κ2) is 7.28. The number of amides is 1. The summed E-state index contributed by atoms with van der Waals surface area (Å²) in [6, 6.07) is 6.00. The van der Waals surface area contributed by atoms with Crippen LogP contribution in [0.4, 0.5) is 0 Å². The second-order valence-corrected chi connectivity index (χ2v) is 7.08. The van der Waals surface area contributed by atoms with Gasteiger partial charge in [0.25, 0.3) is 5.91 Å². The highest BCUT2D eigenvalue weighted by Crippen LogP contribution is 2.15. The summed E-state index contributed by atoms with van der Waals surface area (Å²) in [4.78, 5) is 11.7. The molecule has 0 spiro atoms. The third kappa shape index (κ3) is 6.06. The van der Waals surface area contributed by atoms with Crippen molar-refractivity contribution in [3.8, 4) is 5.75 Å². The number of hydrogen-bond acceptors (Lipinski definition) is 4. The number of carbonyl (C=O) groups excluding carboxylic acids is 1. The average Bonchev–Trinajstić information content (AvgIpc) is 2.35. The Morgan fingerprint density at radius 2 is 1.85 bits per heavy atom. The third-order valence-corrected chi connectivity index (χ3v) is 3.79. The van der Waals surface area contributed by atoms with Crippen LogP contribution in [0.1, 0.15) is 20.3 Å². The summed E-state index contributed by atoms with van der Waals surface area (Å²) in [5.74, 6) is 0.828. The lowest BCUT2D eigenvalue weighted by molar-refractivity contribution is -0.123. The van der Waals surface area contributed by atoms with E-state index < -0.39 is 9.84 Å². The van der Waals surface area contributed by atoms with Gasteiger partial charge in [0.2, 0.25) is 0 Å². The quantitative estimate of drug-likeness (QED) is 0.830. The molecule has 1 aromatic rings. The fourth-order valence-electron chi connectivity index (χ4n) is 1.48. The number of ether oxygens (including phenoxy) is 1. The van der Waals surface area contributed by atoms with E-state index in [-0.39, 0.29) is 17.4 Å². The Balaban J connectivity index is 2.40. The maximum atomic E-state index is 11.5. The Bertz CT molecular complexity index is 535. The van der Waals surface area contributed by atoms with Crippen LogP contribution in [0.15, 0.2) is 29.2 Å². The summed E-state index contributed by atoms with van der Waals surface area (Å²) in [6.07, 6.45) is 2.07. The van der Waals surface area contributed by atoms with Crippen molar-refractivity contribution in [2.45, 2.75) is 25.2 Å². The molecule has 0 aliphatic carbocycles. The van der Waals surface area contributed by atoms with Gasteiger partial charge in [-0.05, 0) is 36.6 Å². The van der Waals surface area contributed by atoms with Crippen molar-refractivity contribution in [1.29, 1.82) is 0 Å². The maximum Gasteiger partial charge on any atom is 0.257 e. The molecule has 1 rings (SSSR count). The first kappa shape index (κ1) is 16.5. The molecule has 0 radical (unpaired) electrons. The van der Waals surface area contributed by atoms with Gasteiger partial charge in [-0.15, -0.1) is 0 Å². The summed E-state index contributed by atoms with van der Waals surface area (Å²) in [6.45, 7) is 4.74. The summed E-state index contributed by atoms with van der Waals surface area (Å²) in [5.41, 5.74) is 0. The first-order valence-corrected chi connectivity index (χ1v) is 8.38. The van der Waals surface area contributed by atoms with Crippen molar-refractivity contribution < 1.29 is 17.9 Å². The molecule has 0 bridgehead atoms. The number of benzene rings is 1. The zero-order valence-corrected chi connectivity index (χ0v) is 12.9. The van der Waals surface area contributed by atoms with E-state index >= 15 is 0 Å².